The third kappa shape index (κ3) is 4.81. The maximum atomic E-state index is 12.4. The molecule has 1 fully saturated rings. The molecule has 0 radical (unpaired) electrons. The second kappa shape index (κ2) is 9.13. The first-order valence-corrected chi connectivity index (χ1v) is 10.4. The van der Waals surface area contributed by atoms with Gasteiger partial charge < -0.3 is 34.5 Å². The van der Waals surface area contributed by atoms with Crippen LogP contribution in [0.5, 0.6) is 5.75 Å². The van der Waals surface area contributed by atoms with Crippen LogP contribution in [0.15, 0.2) is 48.7 Å². The number of aliphatic hydroxyl groups excluding tert-OH is 4. The average Bonchev–Trinajstić information content (AvgIpc) is 3.12. The minimum Gasteiger partial charge on any atom is -0.406 e. The van der Waals surface area contributed by atoms with E-state index < -0.39 is 43.6 Å². The van der Waals surface area contributed by atoms with E-state index in [2.05, 4.69) is 4.74 Å². The summed E-state index contributed by atoms with van der Waals surface area (Å²) in [5, 5.41) is 41.3. The molecule has 5 atom stereocenters. The van der Waals surface area contributed by atoms with Crippen LogP contribution in [0.2, 0.25) is 5.02 Å². The molecule has 1 aromatic heterocycles. The highest BCUT2D eigenvalue weighted by Gasteiger charge is 2.44. The van der Waals surface area contributed by atoms with Gasteiger partial charge >= 0.3 is 6.36 Å². The Morgan fingerprint density at radius 2 is 1.70 bits per heavy atom. The van der Waals surface area contributed by atoms with Crippen molar-refractivity contribution >= 4 is 22.5 Å². The number of hydrogen-bond acceptors (Lipinski definition) is 6. The molecule has 1 aliphatic rings. The Hall–Kier alpha value is -2.34. The molecule has 0 amide bonds. The molecule has 11 heteroatoms. The fraction of sp³-hybridized carbons (Fsp3) is 0.364. The van der Waals surface area contributed by atoms with Gasteiger partial charge in [-0.1, -0.05) is 29.8 Å². The smallest absolute Gasteiger partial charge is 0.406 e. The number of hydrogen-bond donors (Lipinski definition) is 4. The third-order valence-corrected chi connectivity index (χ3v) is 5.89. The van der Waals surface area contributed by atoms with E-state index in [4.69, 9.17) is 16.3 Å². The summed E-state index contributed by atoms with van der Waals surface area (Å²) in [6, 6.07) is 10.5. The van der Waals surface area contributed by atoms with Gasteiger partial charge in [0.2, 0.25) is 0 Å². The number of alkyl halides is 3. The van der Waals surface area contributed by atoms with E-state index in [1.54, 1.807) is 29.0 Å². The molecule has 0 aliphatic carbocycles. The fourth-order valence-electron chi connectivity index (χ4n) is 4.03. The van der Waals surface area contributed by atoms with E-state index in [9.17, 15) is 33.6 Å². The monoisotopic (exact) mass is 487 g/mol. The zero-order valence-corrected chi connectivity index (χ0v) is 17.7. The van der Waals surface area contributed by atoms with E-state index in [0.29, 0.717) is 27.1 Å². The van der Waals surface area contributed by atoms with Crippen LogP contribution >= 0.6 is 11.6 Å². The fourth-order valence-corrected chi connectivity index (χ4v) is 4.32. The summed E-state index contributed by atoms with van der Waals surface area (Å²) in [5.74, 6) is -0.340. The maximum absolute atomic E-state index is 12.4. The SMILES string of the molecule is OC[C@H]1O[C@@H](n2cc(Cc3ccc(OC(F)(F)F)cc3)c3c(Cl)cccc32)[C@H](O)[C@@H](O)[C@@H]1O. The molecule has 2 aromatic carbocycles. The number of ether oxygens (including phenoxy) is 2. The van der Waals surface area contributed by atoms with E-state index >= 15 is 0 Å². The summed E-state index contributed by atoms with van der Waals surface area (Å²) < 4.78 is 48.3. The quantitative estimate of drug-likeness (QED) is 0.441. The predicted molar refractivity (Wildman–Crippen MR) is 112 cm³/mol. The van der Waals surface area contributed by atoms with Crippen molar-refractivity contribution < 1.29 is 43.1 Å². The van der Waals surface area contributed by atoms with E-state index in [0.717, 1.165) is 0 Å². The van der Waals surface area contributed by atoms with Crippen molar-refractivity contribution in [2.75, 3.05) is 6.61 Å². The van der Waals surface area contributed by atoms with Crippen molar-refractivity contribution in [1.29, 1.82) is 0 Å². The van der Waals surface area contributed by atoms with E-state index in [1.807, 2.05) is 0 Å². The van der Waals surface area contributed by atoms with Gasteiger partial charge in [0.05, 0.1) is 17.1 Å². The van der Waals surface area contributed by atoms with Crippen molar-refractivity contribution in [3.63, 3.8) is 0 Å². The Morgan fingerprint density at radius 1 is 1.00 bits per heavy atom. The standard InChI is InChI=1S/C22H21ClF3NO6/c23-14-2-1-3-15-17(14)12(8-11-4-6-13(7-5-11)33-22(24,25)26)9-27(15)21-20(31)19(30)18(29)16(10-28)32-21/h1-7,9,16,18-21,28-31H,8,10H2/t16-,18-,19+,20-,21-/m1/s1. The number of rotatable bonds is 5. The maximum Gasteiger partial charge on any atom is 0.573 e. The summed E-state index contributed by atoms with van der Waals surface area (Å²) in [6.07, 6.45) is -9.60. The summed E-state index contributed by atoms with van der Waals surface area (Å²) in [6.45, 7) is -0.569. The lowest BCUT2D eigenvalue weighted by Gasteiger charge is -2.40. The first-order valence-electron chi connectivity index (χ1n) is 10.0. The summed E-state index contributed by atoms with van der Waals surface area (Å²) in [4.78, 5) is 0. The first kappa shape index (κ1) is 23.8. The molecular weight excluding hydrogens is 467 g/mol. The zero-order chi connectivity index (χ0) is 23.9. The lowest BCUT2D eigenvalue weighted by atomic mass is 9.98. The Labute approximate surface area is 191 Å². The van der Waals surface area contributed by atoms with Gasteiger partial charge in [-0.25, -0.2) is 0 Å². The molecule has 33 heavy (non-hydrogen) atoms. The van der Waals surface area contributed by atoms with Crippen molar-refractivity contribution in [3.05, 3.63) is 64.8 Å². The molecule has 2 heterocycles. The number of benzene rings is 2. The summed E-state index contributed by atoms with van der Waals surface area (Å²) >= 11 is 6.43. The molecule has 0 saturated carbocycles. The highest BCUT2D eigenvalue weighted by atomic mass is 35.5. The van der Waals surface area contributed by atoms with Crippen LogP contribution < -0.4 is 4.74 Å². The van der Waals surface area contributed by atoms with Crippen LogP contribution in [0.4, 0.5) is 13.2 Å². The summed E-state index contributed by atoms with van der Waals surface area (Å²) in [5.41, 5.74) is 1.94. The van der Waals surface area contributed by atoms with E-state index in [1.165, 1.54) is 24.3 Å². The molecule has 3 aromatic rings. The van der Waals surface area contributed by atoms with Gasteiger partial charge in [-0.15, -0.1) is 13.2 Å². The molecule has 1 saturated heterocycles. The highest BCUT2D eigenvalue weighted by molar-refractivity contribution is 6.35. The second-order valence-electron chi connectivity index (χ2n) is 7.78. The van der Waals surface area contributed by atoms with Crippen molar-refractivity contribution in [2.45, 2.75) is 43.4 Å². The van der Waals surface area contributed by atoms with E-state index in [-0.39, 0.29) is 12.2 Å². The average molecular weight is 488 g/mol. The topological polar surface area (TPSA) is 104 Å². The van der Waals surface area contributed by atoms with Crippen LogP contribution in [0.1, 0.15) is 17.4 Å². The van der Waals surface area contributed by atoms with Gasteiger partial charge in [0, 0.05) is 11.6 Å². The largest absolute Gasteiger partial charge is 0.573 e. The first-order chi connectivity index (χ1) is 15.6. The van der Waals surface area contributed by atoms with Crippen LogP contribution in [-0.2, 0) is 11.2 Å². The van der Waals surface area contributed by atoms with Gasteiger partial charge in [0.1, 0.15) is 30.2 Å². The third-order valence-electron chi connectivity index (χ3n) is 5.58. The Morgan fingerprint density at radius 3 is 2.33 bits per heavy atom. The molecule has 1 aliphatic heterocycles. The summed E-state index contributed by atoms with van der Waals surface area (Å²) in [7, 11) is 0. The Kier molecular flexibility index (Phi) is 6.59. The second-order valence-corrected chi connectivity index (χ2v) is 8.19. The Balaban J connectivity index is 1.69. The number of aliphatic hydroxyl groups is 4. The van der Waals surface area contributed by atoms with Crippen molar-refractivity contribution in [1.82, 2.24) is 4.57 Å². The molecule has 4 rings (SSSR count). The van der Waals surface area contributed by atoms with Crippen LogP contribution in [-0.4, -0.2) is 62.4 Å². The molecule has 4 N–H and O–H groups in total. The van der Waals surface area contributed by atoms with Crippen molar-refractivity contribution in [2.24, 2.45) is 0 Å². The minimum absolute atomic E-state index is 0.289. The number of nitrogens with zero attached hydrogens (tertiary/aromatic N) is 1. The lowest BCUT2D eigenvalue weighted by molar-refractivity contribution is -0.274. The Bertz CT molecular complexity index is 1120. The molecule has 0 unspecified atom stereocenters. The zero-order valence-electron chi connectivity index (χ0n) is 17.0. The minimum atomic E-state index is -4.78. The van der Waals surface area contributed by atoms with Gasteiger partial charge in [-0.3, -0.25) is 0 Å². The van der Waals surface area contributed by atoms with Crippen LogP contribution in [0, 0.1) is 0 Å². The predicted octanol–water partition coefficient (Wildman–Crippen LogP) is 2.76. The number of aromatic nitrogens is 1. The molecule has 178 valence electrons. The highest BCUT2D eigenvalue weighted by Crippen LogP contribution is 2.36. The van der Waals surface area contributed by atoms with Crippen molar-refractivity contribution in [3.8, 4) is 5.75 Å². The van der Waals surface area contributed by atoms with Gasteiger partial charge in [0.15, 0.2) is 6.23 Å². The number of halogens is 4. The van der Waals surface area contributed by atoms with Gasteiger partial charge in [0.25, 0.3) is 0 Å². The van der Waals surface area contributed by atoms with Crippen LogP contribution in [0.3, 0.4) is 0 Å². The molecule has 0 spiro atoms. The van der Waals surface area contributed by atoms with Gasteiger partial charge in [-0.05, 0) is 41.8 Å². The molecule has 0 bridgehead atoms. The molecule has 7 nitrogen and oxygen atoms in total. The number of fused-ring (bicyclic) bond motifs is 1. The normalized spacial score (nSPS) is 26.0. The lowest BCUT2D eigenvalue weighted by Crippen LogP contribution is -2.56. The van der Waals surface area contributed by atoms with Gasteiger partial charge in [-0.2, -0.15) is 0 Å². The van der Waals surface area contributed by atoms with Crippen LogP contribution in [0.25, 0.3) is 10.9 Å². The molecular formula is C22H21ClF3NO6.